The van der Waals surface area contributed by atoms with Gasteiger partial charge in [-0.3, -0.25) is 9.59 Å². The molecule has 0 unspecified atom stereocenters. The second-order valence-electron chi connectivity index (χ2n) is 4.93. The van der Waals surface area contributed by atoms with E-state index in [0.29, 0.717) is 16.5 Å². The van der Waals surface area contributed by atoms with E-state index >= 15 is 0 Å². The zero-order chi connectivity index (χ0) is 17.1. The topological polar surface area (TPSA) is 97.7 Å². The molecule has 24 heavy (non-hydrogen) atoms. The number of nitrogens with zero attached hydrogens (tertiary/aromatic N) is 1. The average Bonchev–Trinajstić information content (AvgIpc) is 2.59. The number of amides is 2. The zero-order valence-electron chi connectivity index (χ0n) is 12.3. The van der Waals surface area contributed by atoms with Crippen molar-refractivity contribution in [2.75, 3.05) is 0 Å². The van der Waals surface area contributed by atoms with Crippen LogP contribution in [0, 0.1) is 0 Å². The highest BCUT2D eigenvalue weighted by Crippen LogP contribution is 2.12. The molecule has 2 amide bonds. The van der Waals surface area contributed by atoms with Gasteiger partial charge in [0.25, 0.3) is 11.8 Å². The third-order valence-corrected chi connectivity index (χ3v) is 3.82. The summed E-state index contributed by atoms with van der Waals surface area (Å²) in [5, 5.41) is 4.61. The first-order valence-corrected chi connectivity index (χ1v) is 7.76. The summed E-state index contributed by atoms with van der Waals surface area (Å²) in [4.78, 5) is 23.7. The first-order valence-electron chi connectivity index (χ1n) is 6.97. The molecule has 3 N–H and O–H groups in total. The Labute approximate surface area is 145 Å². The Morgan fingerprint density at radius 1 is 1.08 bits per heavy atom. The number of para-hydroxylation sites is 1. The third kappa shape index (κ3) is 3.36. The molecule has 0 aliphatic heterocycles. The molecule has 1 aromatic heterocycles. The average molecular weight is 386 g/mol. The van der Waals surface area contributed by atoms with Gasteiger partial charge < -0.3 is 10.2 Å². The predicted molar refractivity (Wildman–Crippen MR) is 91.9 cm³/mol. The van der Waals surface area contributed by atoms with E-state index in [-0.39, 0.29) is 11.1 Å². The van der Waals surface area contributed by atoms with Crippen LogP contribution < -0.4 is 16.7 Å². The number of rotatable bonds is 3. The van der Waals surface area contributed by atoms with Crippen molar-refractivity contribution >= 4 is 38.7 Å². The molecule has 0 aliphatic carbocycles. The highest BCUT2D eigenvalue weighted by atomic mass is 79.9. The number of nitrogens with one attached hydrogen (secondary N) is 1. The fourth-order valence-corrected chi connectivity index (χ4v) is 2.36. The van der Waals surface area contributed by atoms with Gasteiger partial charge in [0.1, 0.15) is 11.1 Å². The highest BCUT2D eigenvalue weighted by Gasteiger charge is 2.10. The predicted octanol–water partition coefficient (Wildman–Crippen LogP) is 2.54. The lowest BCUT2D eigenvalue weighted by Crippen LogP contribution is -2.27. The molecule has 3 rings (SSSR count). The Kier molecular flexibility index (Phi) is 4.43. The van der Waals surface area contributed by atoms with Crippen LogP contribution in [-0.2, 0) is 0 Å². The number of hydrogen-bond donors (Lipinski definition) is 2. The molecule has 3 aromatic rings. The number of nitrogens with two attached hydrogens (primary N) is 1. The molecule has 0 bridgehead atoms. The van der Waals surface area contributed by atoms with Crippen LogP contribution in [0.5, 0.6) is 0 Å². The maximum absolute atomic E-state index is 12.1. The van der Waals surface area contributed by atoms with Crippen LogP contribution in [0.3, 0.4) is 0 Å². The standard InChI is InChI=1S/C17H12BrN3O3/c18-12-7-5-10(6-8-12)16(23)20-21-17-13(15(19)22)9-11-3-1-2-4-14(11)24-17/h1-9H,(H2,19,22)(H,20,23)/b21-17+. The van der Waals surface area contributed by atoms with Crippen LogP contribution in [0.2, 0.25) is 0 Å². The van der Waals surface area contributed by atoms with E-state index in [0.717, 1.165) is 4.47 Å². The van der Waals surface area contributed by atoms with Gasteiger partial charge in [-0.2, -0.15) is 0 Å². The molecule has 2 aromatic carbocycles. The first-order chi connectivity index (χ1) is 11.5. The summed E-state index contributed by atoms with van der Waals surface area (Å²) in [7, 11) is 0. The number of carbonyl (C=O) groups excluding carboxylic acids is 2. The molecule has 0 aliphatic rings. The van der Waals surface area contributed by atoms with E-state index in [1.807, 2.05) is 6.07 Å². The summed E-state index contributed by atoms with van der Waals surface area (Å²) in [5.74, 6) is -1.12. The van der Waals surface area contributed by atoms with Gasteiger partial charge in [-0.1, -0.05) is 34.1 Å². The third-order valence-electron chi connectivity index (χ3n) is 3.29. The fraction of sp³-hybridized carbons (Fsp3) is 0. The summed E-state index contributed by atoms with van der Waals surface area (Å²) in [6, 6.07) is 15.5. The lowest BCUT2D eigenvalue weighted by Gasteiger charge is -2.03. The van der Waals surface area contributed by atoms with Gasteiger partial charge in [0, 0.05) is 15.4 Å². The van der Waals surface area contributed by atoms with E-state index in [1.54, 1.807) is 48.5 Å². The van der Waals surface area contributed by atoms with Gasteiger partial charge >= 0.3 is 0 Å². The quantitative estimate of drug-likeness (QED) is 0.677. The van der Waals surface area contributed by atoms with Crippen LogP contribution in [-0.4, -0.2) is 11.8 Å². The number of hydrogen-bond acceptors (Lipinski definition) is 4. The van der Waals surface area contributed by atoms with Crippen LogP contribution >= 0.6 is 15.9 Å². The molecule has 0 saturated heterocycles. The highest BCUT2D eigenvalue weighted by molar-refractivity contribution is 9.10. The van der Waals surface area contributed by atoms with E-state index in [4.69, 9.17) is 10.2 Å². The second-order valence-corrected chi connectivity index (χ2v) is 5.84. The zero-order valence-corrected chi connectivity index (χ0v) is 13.9. The molecule has 0 atom stereocenters. The van der Waals surface area contributed by atoms with Gasteiger partial charge in [-0.05, 0) is 36.4 Å². The molecular formula is C17H12BrN3O3. The molecule has 0 saturated carbocycles. The molecule has 0 spiro atoms. The maximum atomic E-state index is 12.1. The normalized spacial score (nSPS) is 11.5. The lowest BCUT2D eigenvalue weighted by atomic mass is 10.2. The number of halogens is 1. The van der Waals surface area contributed by atoms with Crippen molar-refractivity contribution in [3.63, 3.8) is 0 Å². The Balaban J connectivity index is 1.99. The molecule has 120 valence electrons. The Bertz CT molecular complexity index is 994. The van der Waals surface area contributed by atoms with E-state index in [2.05, 4.69) is 26.5 Å². The Hall–Kier alpha value is -2.93. The SMILES string of the molecule is NC(=O)c1cc2ccccc2o/c1=N/NC(=O)c1ccc(Br)cc1. The van der Waals surface area contributed by atoms with Crippen LogP contribution in [0.4, 0.5) is 0 Å². The van der Waals surface area contributed by atoms with Crippen molar-refractivity contribution < 1.29 is 14.0 Å². The number of fused-ring (bicyclic) bond motifs is 1. The smallest absolute Gasteiger partial charge is 0.271 e. The first kappa shape index (κ1) is 15.9. The summed E-state index contributed by atoms with van der Waals surface area (Å²) in [6.07, 6.45) is 0. The van der Waals surface area contributed by atoms with Gasteiger partial charge in [0.15, 0.2) is 0 Å². The van der Waals surface area contributed by atoms with Crippen molar-refractivity contribution in [2.24, 2.45) is 10.8 Å². The molecule has 0 fully saturated rings. The molecular weight excluding hydrogens is 374 g/mol. The van der Waals surface area contributed by atoms with Gasteiger partial charge in [0.2, 0.25) is 5.55 Å². The lowest BCUT2D eigenvalue weighted by molar-refractivity contribution is 0.0946. The Morgan fingerprint density at radius 3 is 2.50 bits per heavy atom. The number of benzene rings is 2. The van der Waals surface area contributed by atoms with E-state index in [9.17, 15) is 9.59 Å². The van der Waals surface area contributed by atoms with Crippen molar-refractivity contribution in [3.05, 3.63) is 75.8 Å². The molecule has 6 nitrogen and oxygen atoms in total. The molecule has 7 heteroatoms. The summed E-state index contributed by atoms with van der Waals surface area (Å²) >= 11 is 3.30. The van der Waals surface area contributed by atoms with Crippen LogP contribution in [0.1, 0.15) is 20.7 Å². The van der Waals surface area contributed by atoms with Gasteiger partial charge in [0.05, 0.1) is 0 Å². The fourth-order valence-electron chi connectivity index (χ4n) is 2.10. The minimum atomic E-state index is -0.693. The second kappa shape index (κ2) is 6.67. The summed E-state index contributed by atoms with van der Waals surface area (Å²) < 4.78 is 6.43. The monoisotopic (exact) mass is 385 g/mol. The minimum absolute atomic E-state index is 0.0494. The molecule has 1 heterocycles. The largest absolute Gasteiger partial charge is 0.436 e. The summed E-state index contributed by atoms with van der Waals surface area (Å²) in [6.45, 7) is 0. The number of primary amides is 1. The summed E-state index contributed by atoms with van der Waals surface area (Å²) in [5.41, 5.74) is 8.71. The van der Waals surface area contributed by atoms with E-state index in [1.165, 1.54) is 0 Å². The Morgan fingerprint density at radius 2 is 1.79 bits per heavy atom. The van der Waals surface area contributed by atoms with E-state index < -0.39 is 11.8 Å². The minimum Gasteiger partial charge on any atom is -0.436 e. The maximum Gasteiger partial charge on any atom is 0.271 e. The van der Waals surface area contributed by atoms with Crippen LogP contribution in [0.15, 0.2) is 68.6 Å². The molecule has 0 radical (unpaired) electrons. The number of carbonyl (C=O) groups is 2. The van der Waals surface area contributed by atoms with Crippen molar-refractivity contribution in [2.45, 2.75) is 0 Å². The van der Waals surface area contributed by atoms with Crippen LogP contribution in [0.25, 0.3) is 11.0 Å². The van der Waals surface area contributed by atoms with Crippen molar-refractivity contribution in [1.82, 2.24) is 5.43 Å². The van der Waals surface area contributed by atoms with Crippen molar-refractivity contribution in [3.8, 4) is 0 Å². The van der Waals surface area contributed by atoms with Gasteiger partial charge in [-0.15, -0.1) is 5.10 Å². The van der Waals surface area contributed by atoms with Gasteiger partial charge in [-0.25, -0.2) is 5.43 Å². The van der Waals surface area contributed by atoms with Crippen molar-refractivity contribution in [1.29, 1.82) is 0 Å².